The molecule has 272 valence electrons. The molecule has 0 bridgehead atoms. The summed E-state index contributed by atoms with van der Waals surface area (Å²) >= 11 is 2.66. The molecular formula is C33H40N2O13S2. The van der Waals surface area contributed by atoms with Crippen LogP contribution in [0.1, 0.15) is 25.0 Å². The lowest BCUT2D eigenvalue weighted by Gasteiger charge is -2.16. The van der Waals surface area contributed by atoms with Gasteiger partial charge in [-0.15, -0.1) is 23.5 Å². The number of hydrogen-bond donors (Lipinski definition) is 2. The molecule has 50 heavy (non-hydrogen) atoms. The number of ether oxygens (including phenoxy) is 8. The number of thioether (sulfide) groups is 2. The van der Waals surface area contributed by atoms with Crippen LogP contribution in [0.25, 0.3) is 0 Å². The summed E-state index contributed by atoms with van der Waals surface area (Å²) in [6, 6.07) is 7.80. The molecule has 2 aromatic carbocycles. The summed E-state index contributed by atoms with van der Waals surface area (Å²) in [6.07, 6.45) is 0. The second kappa shape index (κ2) is 17.6. The van der Waals surface area contributed by atoms with Crippen LogP contribution in [0.3, 0.4) is 0 Å². The zero-order valence-corrected chi connectivity index (χ0v) is 30.0. The lowest BCUT2D eigenvalue weighted by Crippen LogP contribution is -2.34. The van der Waals surface area contributed by atoms with Crippen LogP contribution in [0, 0.1) is 0 Å². The standard InChI is InChI=1S/C33H40N2O13S2/c1-32(30(39)42-4)18-49-28(34-32)21-7-6-20(14-23(21)36)46-11-8-44-9-12-47-25-15-22(29-35-33(2,19-50-29)31(40)43-5)24(37)16-26(25)48-13-10-45-17-27(38)41-3/h6-7,14-16,36-37H,8-13,17-19H2,1-5H3/t32-,33-/m1/s1. The molecule has 2 aromatic rings. The highest BCUT2D eigenvalue weighted by atomic mass is 32.2. The lowest BCUT2D eigenvalue weighted by molar-refractivity contribution is -0.146. The number of aliphatic imine (C=N–C) groups is 2. The molecule has 2 aliphatic rings. The third-order valence-corrected chi connectivity index (χ3v) is 9.92. The van der Waals surface area contributed by atoms with Crippen molar-refractivity contribution in [2.24, 2.45) is 9.98 Å². The summed E-state index contributed by atoms with van der Waals surface area (Å²) in [5.74, 6) is 0.0687. The molecule has 0 spiro atoms. The first kappa shape index (κ1) is 38.6. The Balaban J connectivity index is 1.31. The zero-order chi connectivity index (χ0) is 36.3. The smallest absolute Gasteiger partial charge is 0.334 e. The van der Waals surface area contributed by atoms with Crippen molar-refractivity contribution in [3.8, 4) is 28.7 Å². The molecule has 2 N–H and O–H groups in total. The predicted octanol–water partition coefficient (Wildman–Crippen LogP) is 2.99. The number of phenols is 2. The number of esters is 3. The number of rotatable bonds is 18. The van der Waals surface area contributed by atoms with E-state index in [9.17, 15) is 24.6 Å². The van der Waals surface area contributed by atoms with E-state index in [4.69, 9.17) is 33.2 Å². The third-order valence-electron chi connectivity index (χ3n) is 7.33. The van der Waals surface area contributed by atoms with E-state index >= 15 is 0 Å². The quantitative estimate of drug-likeness (QED) is 0.129. The van der Waals surface area contributed by atoms with Gasteiger partial charge in [0.25, 0.3) is 0 Å². The van der Waals surface area contributed by atoms with Crippen LogP contribution in [0.15, 0.2) is 40.3 Å². The first-order valence-electron chi connectivity index (χ1n) is 15.4. The van der Waals surface area contributed by atoms with Crippen LogP contribution in [0.5, 0.6) is 28.7 Å². The van der Waals surface area contributed by atoms with E-state index in [0.29, 0.717) is 38.5 Å². The first-order valence-corrected chi connectivity index (χ1v) is 17.3. The van der Waals surface area contributed by atoms with E-state index in [1.54, 1.807) is 32.0 Å². The maximum absolute atomic E-state index is 12.3. The fourth-order valence-electron chi connectivity index (χ4n) is 4.60. The minimum absolute atomic E-state index is 0.0320. The molecule has 0 aromatic heterocycles. The van der Waals surface area contributed by atoms with Gasteiger partial charge in [0.15, 0.2) is 22.6 Å². The Kier molecular flexibility index (Phi) is 13.6. The maximum Gasteiger partial charge on any atom is 0.334 e. The largest absolute Gasteiger partial charge is 0.507 e. The van der Waals surface area contributed by atoms with Crippen molar-refractivity contribution in [3.63, 3.8) is 0 Å². The Bertz CT molecular complexity index is 1620. The van der Waals surface area contributed by atoms with Crippen molar-refractivity contribution >= 4 is 51.5 Å². The van der Waals surface area contributed by atoms with Crippen molar-refractivity contribution in [1.29, 1.82) is 0 Å². The van der Waals surface area contributed by atoms with Crippen molar-refractivity contribution in [3.05, 3.63) is 41.5 Å². The number of benzene rings is 2. The molecule has 0 amide bonds. The third kappa shape index (κ3) is 9.74. The Labute approximate surface area is 297 Å². The molecule has 0 saturated heterocycles. The second-order valence-electron chi connectivity index (χ2n) is 11.2. The molecular weight excluding hydrogens is 696 g/mol. The summed E-state index contributed by atoms with van der Waals surface area (Å²) < 4.78 is 42.6. The molecule has 15 nitrogen and oxygen atoms in total. The Morgan fingerprint density at radius 2 is 1.20 bits per heavy atom. The SMILES string of the molecule is COC(=O)COCCOc1cc(O)c(C2=N[C@@](C)(C(=O)OC)CS2)cc1OCCOCCOc1ccc(C2=N[C@@](C)(C(=O)OC)CS2)c(O)c1. The monoisotopic (exact) mass is 736 g/mol. The minimum Gasteiger partial charge on any atom is -0.507 e. The van der Waals surface area contributed by atoms with Gasteiger partial charge in [0.1, 0.15) is 53.8 Å². The molecule has 0 aliphatic carbocycles. The van der Waals surface area contributed by atoms with Gasteiger partial charge in [-0.3, -0.25) is 9.98 Å². The highest BCUT2D eigenvalue weighted by Crippen LogP contribution is 2.40. The van der Waals surface area contributed by atoms with Gasteiger partial charge in [0, 0.05) is 29.2 Å². The molecule has 0 unspecified atom stereocenters. The Morgan fingerprint density at radius 3 is 1.76 bits per heavy atom. The molecule has 2 atom stereocenters. The van der Waals surface area contributed by atoms with Gasteiger partial charge in [-0.05, 0) is 32.0 Å². The number of phenolic OH excluding ortho intramolecular Hbond substituents is 2. The van der Waals surface area contributed by atoms with E-state index < -0.39 is 29.0 Å². The molecule has 0 fully saturated rings. The second-order valence-corrected chi connectivity index (χ2v) is 13.2. The molecule has 2 heterocycles. The van der Waals surface area contributed by atoms with Crippen molar-refractivity contribution < 1.29 is 62.5 Å². The van der Waals surface area contributed by atoms with Gasteiger partial charge >= 0.3 is 17.9 Å². The van der Waals surface area contributed by atoms with Crippen LogP contribution in [0.4, 0.5) is 0 Å². The Morgan fingerprint density at radius 1 is 0.680 bits per heavy atom. The maximum atomic E-state index is 12.3. The molecule has 4 rings (SSSR count). The minimum atomic E-state index is -1.09. The van der Waals surface area contributed by atoms with Gasteiger partial charge in [0.05, 0.1) is 46.7 Å². The molecule has 17 heteroatoms. The topological polar surface area (TPSA) is 190 Å². The molecule has 0 saturated carbocycles. The van der Waals surface area contributed by atoms with Crippen molar-refractivity contribution in [2.45, 2.75) is 24.9 Å². The van der Waals surface area contributed by atoms with Gasteiger partial charge < -0.3 is 48.1 Å². The lowest BCUT2D eigenvalue weighted by atomic mass is 10.1. The predicted molar refractivity (Wildman–Crippen MR) is 185 cm³/mol. The molecule has 2 aliphatic heterocycles. The highest BCUT2D eigenvalue weighted by molar-refractivity contribution is 8.15. The van der Waals surface area contributed by atoms with Crippen molar-refractivity contribution in [2.75, 3.05) is 79.1 Å². The van der Waals surface area contributed by atoms with E-state index in [-0.39, 0.29) is 69.2 Å². The van der Waals surface area contributed by atoms with E-state index in [1.165, 1.54) is 57.0 Å². The number of aromatic hydroxyl groups is 2. The number of hydrogen-bond acceptors (Lipinski definition) is 17. The fraction of sp³-hybridized carbons (Fsp3) is 0.485. The van der Waals surface area contributed by atoms with Crippen LogP contribution in [-0.4, -0.2) is 128 Å². The summed E-state index contributed by atoms with van der Waals surface area (Å²) in [5.41, 5.74) is -1.25. The normalized spacial score (nSPS) is 19.7. The highest BCUT2D eigenvalue weighted by Gasteiger charge is 2.41. The first-order chi connectivity index (χ1) is 23.9. The van der Waals surface area contributed by atoms with Crippen LogP contribution in [-0.2, 0) is 38.1 Å². The number of carbonyl (C=O) groups is 3. The van der Waals surface area contributed by atoms with Crippen molar-refractivity contribution in [1.82, 2.24) is 0 Å². The van der Waals surface area contributed by atoms with Gasteiger partial charge in [-0.1, -0.05) is 0 Å². The summed E-state index contributed by atoms with van der Waals surface area (Å²) in [6.45, 7) is 3.93. The summed E-state index contributed by atoms with van der Waals surface area (Å²) in [5, 5.41) is 22.4. The summed E-state index contributed by atoms with van der Waals surface area (Å²) in [7, 11) is 3.87. The average molecular weight is 737 g/mol. The van der Waals surface area contributed by atoms with E-state index in [1.807, 2.05) is 0 Å². The van der Waals surface area contributed by atoms with Crippen LogP contribution in [0.2, 0.25) is 0 Å². The fourth-order valence-corrected chi connectivity index (χ4v) is 6.98. The molecule has 0 radical (unpaired) electrons. The Hall–Kier alpha value is -4.19. The van der Waals surface area contributed by atoms with E-state index in [0.717, 1.165) is 0 Å². The van der Waals surface area contributed by atoms with Gasteiger partial charge in [0.2, 0.25) is 0 Å². The van der Waals surface area contributed by atoms with Gasteiger partial charge in [-0.25, -0.2) is 14.4 Å². The zero-order valence-electron chi connectivity index (χ0n) is 28.3. The number of carbonyl (C=O) groups excluding carboxylic acids is 3. The number of nitrogens with zero attached hydrogens (tertiary/aromatic N) is 2. The number of methoxy groups -OCH3 is 3. The summed E-state index contributed by atoms with van der Waals surface area (Å²) in [4.78, 5) is 44.6. The van der Waals surface area contributed by atoms with Crippen LogP contribution >= 0.6 is 23.5 Å². The van der Waals surface area contributed by atoms with Crippen LogP contribution < -0.4 is 14.2 Å². The average Bonchev–Trinajstić information content (AvgIpc) is 3.71. The van der Waals surface area contributed by atoms with Gasteiger partial charge in [-0.2, -0.15) is 0 Å². The van der Waals surface area contributed by atoms with E-state index in [2.05, 4.69) is 14.7 Å².